The first-order valence-corrected chi connectivity index (χ1v) is 9.41. The van der Waals surface area contributed by atoms with E-state index in [0.29, 0.717) is 17.0 Å². The quantitative estimate of drug-likeness (QED) is 0.316. The standard InChI is InChI=1S/C21H20N6O5/c1-14(28)24-19-6-4-3-5-18(19)21(29)25-22-10-15-7-8-20(32-2)16(9-15)12-26-13-17(11-23-26)27(30)31/h3-11,13H,12H2,1-2H3,(H,24,28)(H,25,29). The Morgan fingerprint density at radius 1 is 1.28 bits per heavy atom. The third-order valence-corrected chi connectivity index (χ3v) is 4.33. The van der Waals surface area contributed by atoms with Crippen molar-refractivity contribution in [2.24, 2.45) is 5.10 Å². The fourth-order valence-corrected chi connectivity index (χ4v) is 2.92. The number of nitrogens with zero attached hydrogens (tertiary/aromatic N) is 4. The van der Waals surface area contributed by atoms with Crippen LogP contribution >= 0.6 is 0 Å². The van der Waals surface area contributed by atoms with Crippen LogP contribution in [0.1, 0.15) is 28.4 Å². The summed E-state index contributed by atoms with van der Waals surface area (Å²) in [5, 5.41) is 21.4. The van der Waals surface area contributed by atoms with Gasteiger partial charge < -0.3 is 10.1 Å². The van der Waals surface area contributed by atoms with Gasteiger partial charge in [0.2, 0.25) is 5.91 Å². The molecule has 1 heterocycles. The van der Waals surface area contributed by atoms with Crippen LogP contribution in [0, 0.1) is 10.1 Å². The first-order chi connectivity index (χ1) is 15.4. The van der Waals surface area contributed by atoms with Crippen LogP contribution < -0.4 is 15.5 Å². The van der Waals surface area contributed by atoms with Gasteiger partial charge in [-0.15, -0.1) is 0 Å². The Balaban J connectivity index is 1.73. The van der Waals surface area contributed by atoms with Crippen LogP contribution in [-0.4, -0.2) is 39.8 Å². The van der Waals surface area contributed by atoms with Gasteiger partial charge in [0.05, 0.1) is 36.0 Å². The molecule has 0 aliphatic heterocycles. The zero-order valence-electron chi connectivity index (χ0n) is 17.3. The van der Waals surface area contributed by atoms with Crippen molar-refractivity contribution >= 4 is 29.4 Å². The van der Waals surface area contributed by atoms with Crippen molar-refractivity contribution in [2.75, 3.05) is 12.4 Å². The van der Waals surface area contributed by atoms with Gasteiger partial charge in [0.25, 0.3) is 5.91 Å². The van der Waals surface area contributed by atoms with Crippen LogP contribution in [0.5, 0.6) is 5.75 Å². The molecule has 11 heteroatoms. The van der Waals surface area contributed by atoms with E-state index in [1.807, 2.05) is 0 Å². The molecule has 0 radical (unpaired) electrons. The Morgan fingerprint density at radius 2 is 2.06 bits per heavy atom. The maximum absolute atomic E-state index is 12.4. The molecule has 32 heavy (non-hydrogen) atoms. The van der Waals surface area contributed by atoms with E-state index in [1.54, 1.807) is 42.5 Å². The number of hydrogen-bond donors (Lipinski definition) is 2. The number of ether oxygens (including phenoxy) is 1. The summed E-state index contributed by atoms with van der Waals surface area (Å²) in [4.78, 5) is 34.1. The number of para-hydroxylation sites is 1. The van der Waals surface area contributed by atoms with E-state index in [9.17, 15) is 19.7 Å². The van der Waals surface area contributed by atoms with Crippen molar-refractivity contribution in [3.05, 3.63) is 81.7 Å². The lowest BCUT2D eigenvalue weighted by atomic mass is 10.1. The van der Waals surface area contributed by atoms with Gasteiger partial charge in [0.15, 0.2) is 0 Å². The SMILES string of the molecule is COc1ccc(C=NNC(=O)c2ccccc2NC(C)=O)cc1Cn1cc([N+](=O)[O-])cn1. The van der Waals surface area contributed by atoms with Crippen LogP contribution in [0.25, 0.3) is 0 Å². The minimum atomic E-state index is -0.517. The number of nitrogens with one attached hydrogen (secondary N) is 2. The van der Waals surface area contributed by atoms with Crippen LogP contribution in [0.4, 0.5) is 11.4 Å². The van der Waals surface area contributed by atoms with Gasteiger partial charge in [-0.2, -0.15) is 10.2 Å². The number of carbonyl (C=O) groups excluding carboxylic acids is 2. The lowest BCUT2D eigenvalue weighted by molar-refractivity contribution is -0.385. The lowest BCUT2D eigenvalue weighted by Gasteiger charge is -2.10. The average Bonchev–Trinajstić information content (AvgIpc) is 3.23. The average molecular weight is 436 g/mol. The number of nitro groups is 1. The molecular formula is C21H20N6O5. The topological polar surface area (TPSA) is 141 Å². The Bertz CT molecular complexity index is 1190. The summed E-state index contributed by atoms with van der Waals surface area (Å²) in [7, 11) is 1.52. The molecule has 2 N–H and O–H groups in total. The van der Waals surface area contributed by atoms with Gasteiger partial charge in [-0.25, -0.2) is 5.43 Å². The molecule has 0 bridgehead atoms. The van der Waals surface area contributed by atoms with Gasteiger partial charge in [0, 0.05) is 12.5 Å². The van der Waals surface area contributed by atoms with Crippen molar-refractivity contribution in [2.45, 2.75) is 13.5 Å². The minimum absolute atomic E-state index is 0.107. The Hall–Kier alpha value is -4.54. The molecule has 0 saturated heterocycles. The number of benzene rings is 2. The van der Waals surface area contributed by atoms with Crippen LogP contribution in [0.3, 0.4) is 0 Å². The summed E-state index contributed by atoms with van der Waals surface area (Å²) in [6, 6.07) is 11.8. The van der Waals surface area contributed by atoms with E-state index in [0.717, 1.165) is 5.56 Å². The van der Waals surface area contributed by atoms with E-state index in [1.165, 1.54) is 37.3 Å². The highest BCUT2D eigenvalue weighted by Gasteiger charge is 2.12. The monoisotopic (exact) mass is 436 g/mol. The summed E-state index contributed by atoms with van der Waals surface area (Å²) >= 11 is 0. The Morgan fingerprint density at radius 3 is 2.75 bits per heavy atom. The van der Waals surface area contributed by atoms with Gasteiger partial charge in [-0.05, 0) is 35.9 Å². The normalized spacial score (nSPS) is 10.7. The van der Waals surface area contributed by atoms with Crippen molar-refractivity contribution < 1.29 is 19.2 Å². The number of aromatic nitrogens is 2. The van der Waals surface area contributed by atoms with E-state index in [2.05, 4.69) is 20.9 Å². The molecule has 2 aromatic carbocycles. The van der Waals surface area contributed by atoms with E-state index in [-0.39, 0.29) is 23.7 Å². The summed E-state index contributed by atoms with van der Waals surface area (Å²) < 4.78 is 6.78. The molecular weight excluding hydrogens is 416 g/mol. The number of amides is 2. The zero-order chi connectivity index (χ0) is 23.1. The van der Waals surface area contributed by atoms with Crippen LogP contribution in [0.15, 0.2) is 60.0 Å². The molecule has 0 fully saturated rings. The molecule has 0 aliphatic carbocycles. The highest BCUT2D eigenvalue weighted by atomic mass is 16.6. The fraction of sp³-hybridized carbons (Fsp3) is 0.143. The molecule has 3 aromatic rings. The second-order valence-corrected chi connectivity index (χ2v) is 6.65. The number of hydrazone groups is 1. The maximum atomic E-state index is 12.4. The van der Waals surface area contributed by atoms with Crippen LogP contribution in [0.2, 0.25) is 0 Å². The number of carbonyl (C=O) groups is 2. The molecule has 0 spiro atoms. The first-order valence-electron chi connectivity index (χ1n) is 9.41. The van der Waals surface area contributed by atoms with Gasteiger partial charge >= 0.3 is 5.69 Å². The molecule has 0 saturated carbocycles. The van der Waals surface area contributed by atoms with E-state index >= 15 is 0 Å². The van der Waals surface area contributed by atoms with E-state index < -0.39 is 10.8 Å². The molecule has 0 unspecified atom stereocenters. The van der Waals surface area contributed by atoms with Gasteiger partial charge in [-0.1, -0.05) is 12.1 Å². The first kappa shape index (κ1) is 22.2. The second-order valence-electron chi connectivity index (χ2n) is 6.65. The molecule has 2 amide bonds. The second kappa shape index (κ2) is 9.98. The highest BCUT2D eigenvalue weighted by molar-refractivity contribution is 6.03. The third-order valence-electron chi connectivity index (χ3n) is 4.33. The van der Waals surface area contributed by atoms with Crippen molar-refractivity contribution in [1.82, 2.24) is 15.2 Å². The zero-order valence-corrected chi connectivity index (χ0v) is 17.3. The Labute approximate surface area is 182 Å². The summed E-state index contributed by atoms with van der Waals surface area (Å²) in [5.74, 6) is -0.196. The van der Waals surface area contributed by atoms with Gasteiger partial charge in [-0.3, -0.25) is 24.4 Å². The molecule has 1 aromatic heterocycles. The number of methoxy groups -OCH3 is 1. The van der Waals surface area contributed by atoms with Crippen molar-refractivity contribution in [1.29, 1.82) is 0 Å². The lowest BCUT2D eigenvalue weighted by Crippen LogP contribution is -2.20. The van der Waals surface area contributed by atoms with Crippen molar-refractivity contribution in [3.63, 3.8) is 0 Å². The predicted molar refractivity (Wildman–Crippen MR) is 117 cm³/mol. The smallest absolute Gasteiger partial charge is 0.307 e. The van der Waals surface area contributed by atoms with Gasteiger partial charge in [0.1, 0.15) is 18.1 Å². The number of rotatable bonds is 8. The van der Waals surface area contributed by atoms with E-state index in [4.69, 9.17) is 4.74 Å². The third kappa shape index (κ3) is 5.53. The largest absolute Gasteiger partial charge is 0.496 e. The fourth-order valence-electron chi connectivity index (χ4n) is 2.92. The molecule has 0 aliphatic rings. The van der Waals surface area contributed by atoms with Crippen LogP contribution in [-0.2, 0) is 11.3 Å². The Kier molecular flexibility index (Phi) is 6.91. The molecule has 0 atom stereocenters. The molecule has 164 valence electrons. The molecule has 3 rings (SSSR count). The summed E-state index contributed by atoms with van der Waals surface area (Å²) in [5.41, 5.74) is 4.36. The summed E-state index contributed by atoms with van der Waals surface area (Å²) in [6.07, 6.45) is 3.95. The summed E-state index contributed by atoms with van der Waals surface area (Å²) in [6.45, 7) is 1.60. The predicted octanol–water partition coefficient (Wildman–Crippen LogP) is 2.57. The highest BCUT2D eigenvalue weighted by Crippen LogP contribution is 2.21. The molecule has 11 nitrogen and oxygen atoms in total. The van der Waals surface area contributed by atoms with Crippen molar-refractivity contribution in [3.8, 4) is 5.75 Å². The number of hydrogen-bond acceptors (Lipinski definition) is 7. The maximum Gasteiger partial charge on any atom is 0.307 e. The minimum Gasteiger partial charge on any atom is -0.496 e. The number of anilines is 1.